The first-order valence-corrected chi connectivity index (χ1v) is 10.6. The Kier molecular flexibility index (Phi) is 5.58. The van der Waals surface area contributed by atoms with Gasteiger partial charge in [-0.2, -0.15) is 0 Å². The molecule has 4 rings (SSSR count). The Morgan fingerprint density at radius 2 is 1.88 bits per heavy atom. The van der Waals surface area contributed by atoms with Gasteiger partial charge in [-0.05, 0) is 60.9 Å². The standard InChI is InChI=1S/C23H27N5O4/c1-15-11-22(2,3)14-23(12-15)19(30)28(21(31)27-23)13-18(29)26-16-5-7-17(8-6-16)32-20-24-9-4-10-25-20/h4-10,15H,11-14H2,1-3H3,(H,26,29)(H,27,31). The Labute approximate surface area is 186 Å². The molecule has 0 bridgehead atoms. The number of amides is 4. The Morgan fingerprint density at radius 1 is 1.19 bits per heavy atom. The lowest BCUT2D eigenvalue weighted by Crippen LogP contribution is -2.54. The molecule has 168 valence electrons. The monoisotopic (exact) mass is 437 g/mol. The van der Waals surface area contributed by atoms with Crippen molar-refractivity contribution in [3.05, 3.63) is 42.7 Å². The molecule has 1 spiro atoms. The van der Waals surface area contributed by atoms with E-state index in [1.165, 1.54) is 0 Å². The zero-order valence-electron chi connectivity index (χ0n) is 18.4. The summed E-state index contributed by atoms with van der Waals surface area (Å²) in [5.41, 5.74) is -0.463. The summed E-state index contributed by atoms with van der Waals surface area (Å²) in [4.78, 5) is 47.3. The van der Waals surface area contributed by atoms with E-state index < -0.39 is 17.5 Å². The van der Waals surface area contributed by atoms with Crippen molar-refractivity contribution in [2.75, 3.05) is 11.9 Å². The van der Waals surface area contributed by atoms with E-state index in [-0.39, 0.29) is 23.9 Å². The molecule has 0 radical (unpaired) electrons. The van der Waals surface area contributed by atoms with E-state index in [9.17, 15) is 14.4 Å². The fourth-order valence-corrected chi connectivity index (χ4v) is 5.04. The molecule has 1 aromatic heterocycles. The number of anilines is 1. The van der Waals surface area contributed by atoms with Gasteiger partial charge in [0.2, 0.25) is 5.91 Å². The minimum absolute atomic E-state index is 0.0620. The third-order valence-corrected chi connectivity index (χ3v) is 5.82. The Hall–Kier alpha value is -3.49. The molecular formula is C23H27N5O4. The summed E-state index contributed by atoms with van der Waals surface area (Å²) in [6, 6.07) is 8.05. The van der Waals surface area contributed by atoms with Crippen molar-refractivity contribution in [1.29, 1.82) is 0 Å². The van der Waals surface area contributed by atoms with Crippen LogP contribution in [0.25, 0.3) is 0 Å². The highest BCUT2D eigenvalue weighted by molar-refractivity contribution is 6.10. The lowest BCUT2D eigenvalue weighted by Gasteiger charge is -2.43. The van der Waals surface area contributed by atoms with Crippen LogP contribution in [0.1, 0.15) is 40.0 Å². The van der Waals surface area contributed by atoms with Gasteiger partial charge in [-0.25, -0.2) is 14.8 Å². The van der Waals surface area contributed by atoms with Crippen LogP contribution in [0.3, 0.4) is 0 Å². The van der Waals surface area contributed by atoms with Crippen LogP contribution >= 0.6 is 0 Å². The van der Waals surface area contributed by atoms with Gasteiger partial charge in [0.05, 0.1) is 0 Å². The second-order valence-electron chi connectivity index (χ2n) is 9.46. The van der Waals surface area contributed by atoms with Gasteiger partial charge in [-0.3, -0.25) is 14.5 Å². The van der Waals surface area contributed by atoms with E-state index in [2.05, 4.69) is 41.4 Å². The number of nitrogens with zero attached hydrogens (tertiary/aromatic N) is 3. The SMILES string of the molecule is CC1CC(C)(C)CC2(C1)NC(=O)N(CC(=O)Nc1ccc(Oc3ncccn3)cc1)C2=O. The fourth-order valence-electron chi connectivity index (χ4n) is 5.04. The van der Waals surface area contributed by atoms with Crippen LogP contribution in [0.15, 0.2) is 42.7 Å². The average molecular weight is 438 g/mol. The molecule has 2 atom stereocenters. The van der Waals surface area contributed by atoms with Gasteiger partial charge in [-0.1, -0.05) is 20.8 Å². The van der Waals surface area contributed by atoms with Gasteiger partial charge < -0.3 is 15.4 Å². The first-order chi connectivity index (χ1) is 15.2. The summed E-state index contributed by atoms with van der Waals surface area (Å²) in [6.07, 6.45) is 5.30. The van der Waals surface area contributed by atoms with Crippen LogP contribution in [-0.4, -0.2) is 44.8 Å². The highest BCUT2D eigenvalue weighted by atomic mass is 16.5. The molecule has 2 aromatic rings. The molecule has 9 heteroatoms. The number of hydrogen-bond donors (Lipinski definition) is 2. The maximum absolute atomic E-state index is 13.2. The molecular weight excluding hydrogens is 410 g/mol. The molecule has 9 nitrogen and oxygen atoms in total. The highest BCUT2D eigenvalue weighted by Crippen LogP contribution is 2.46. The molecule has 2 N–H and O–H groups in total. The van der Waals surface area contributed by atoms with Crippen LogP contribution in [0.4, 0.5) is 10.5 Å². The molecule has 1 saturated heterocycles. The topological polar surface area (TPSA) is 114 Å². The third-order valence-electron chi connectivity index (χ3n) is 5.82. The van der Waals surface area contributed by atoms with E-state index in [1.807, 2.05) is 0 Å². The van der Waals surface area contributed by atoms with Crippen LogP contribution in [0, 0.1) is 11.3 Å². The minimum atomic E-state index is -0.920. The molecule has 1 aromatic carbocycles. The lowest BCUT2D eigenvalue weighted by molar-refractivity contribution is -0.136. The maximum Gasteiger partial charge on any atom is 0.325 e. The summed E-state index contributed by atoms with van der Waals surface area (Å²) in [7, 11) is 0. The number of ether oxygens (including phenoxy) is 1. The normalized spacial score (nSPS) is 24.3. The number of aromatic nitrogens is 2. The summed E-state index contributed by atoms with van der Waals surface area (Å²) >= 11 is 0. The molecule has 1 aliphatic heterocycles. The Balaban J connectivity index is 1.38. The largest absolute Gasteiger partial charge is 0.424 e. The van der Waals surface area contributed by atoms with Crippen molar-refractivity contribution in [3.8, 4) is 11.8 Å². The van der Waals surface area contributed by atoms with E-state index in [4.69, 9.17) is 4.74 Å². The number of urea groups is 1. The molecule has 1 aliphatic carbocycles. The summed E-state index contributed by atoms with van der Waals surface area (Å²) in [5, 5.41) is 5.60. The van der Waals surface area contributed by atoms with Gasteiger partial charge in [0.25, 0.3) is 5.91 Å². The van der Waals surface area contributed by atoms with E-state index in [0.29, 0.717) is 30.2 Å². The molecule has 1 saturated carbocycles. The number of carbonyl (C=O) groups is 3. The summed E-state index contributed by atoms with van der Waals surface area (Å²) in [6.45, 7) is 5.97. The van der Waals surface area contributed by atoms with E-state index in [1.54, 1.807) is 42.7 Å². The zero-order chi connectivity index (χ0) is 22.9. The van der Waals surface area contributed by atoms with Gasteiger partial charge in [-0.15, -0.1) is 0 Å². The Bertz CT molecular complexity index is 1020. The molecule has 32 heavy (non-hydrogen) atoms. The van der Waals surface area contributed by atoms with Crippen molar-refractivity contribution in [2.24, 2.45) is 11.3 Å². The summed E-state index contributed by atoms with van der Waals surface area (Å²) < 4.78 is 5.52. The molecule has 2 aliphatic rings. The van der Waals surface area contributed by atoms with E-state index in [0.717, 1.165) is 11.3 Å². The average Bonchev–Trinajstić information content (AvgIpc) is 2.92. The molecule has 4 amide bonds. The van der Waals surface area contributed by atoms with Crippen molar-refractivity contribution in [2.45, 2.75) is 45.6 Å². The van der Waals surface area contributed by atoms with Crippen LogP contribution in [-0.2, 0) is 9.59 Å². The fraction of sp³-hybridized carbons (Fsp3) is 0.435. The van der Waals surface area contributed by atoms with Gasteiger partial charge in [0.15, 0.2) is 0 Å². The quantitative estimate of drug-likeness (QED) is 0.694. The second-order valence-corrected chi connectivity index (χ2v) is 9.46. The van der Waals surface area contributed by atoms with Crippen molar-refractivity contribution >= 4 is 23.5 Å². The smallest absolute Gasteiger partial charge is 0.325 e. The van der Waals surface area contributed by atoms with Crippen molar-refractivity contribution in [1.82, 2.24) is 20.2 Å². The van der Waals surface area contributed by atoms with Crippen molar-refractivity contribution < 1.29 is 19.1 Å². The lowest BCUT2D eigenvalue weighted by atomic mass is 9.64. The number of carbonyl (C=O) groups excluding carboxylic acids is 3. The predicted octanol–water partition coefficient (Wildman–Crippen LogP) is 3.34. The number of benzene rings is 1. The van der Waals surface area contributed by atoms with Crippen LogP contribution in [0.5, 0.6) is 11.8 Å². The predicted molar refractivity (Wildman–Crippen MR) is 117 cm³/mol. The first-order valence-electron chi connectivity index (χ1n) is 10.6. The summed E-state index contributed by atoms with van der Waals surface area (Å²) in [5.74, 6) is 0.0516. The highest BCUT2D eigenvalue weighted by Gasteiger charge is 2.56. The molecule has 2 fully saturated rings. The number of rotatable bonds is 5. The number of hydrogen-bond acceptors (Lipinski definition) is 6. The number of imide groups is 1. The minimum Gasteiger partial charge on any atom is -0.424 e. The van der Waals surface area contributed by atoms with Gasteiger partial charge in [0, 0.05) is 18.1 Å². The molecule has 2 unspecified atom stereocenters. The maximum atomic E-state index is 13.2. The number of nitrogens with one attached hydrogen (secondary N) is 2. The zero-order valence-corrected chi connectivity index (χ0v) is 18.4. The van der Waals surface area contributed by atoms with Crippen molar-refractivity contribution in [3.63, 3.8) is 0 Å². The van der Waals surface area contributed by atoms with Crippen LogP contribution in [0.2, 0.25) is 0 Å². The first kappa shape index (κ1) is 21.7. The van der Waals surface area contributed by atoms with Gasteiger partial charge >= 0.3 is 12.0 Å². The molecule has 2 heterocycles. The van der Waals surface area contributed by atoms with Crippen LogP contribution < -0.4 is 15.4 Å². The second kappa shape index (κ2) is 8.22. The van der Waals surface area contributed by atoms with E-state index >= 15 is 0 Å². The van der Waals surface area contributed by atoms with Gasteiger partial charge in [0.1, 0.15) is 17.8 Å². The Morgan fingerprint density at radius 3 is 2.53 bits per heavy atom. The third kappa shape index (κ3) is 4.56.